The molecule has 2 heterocycles. The Morgan fingerprint density at radius 1 is 1.30 bits per heavy atom. The maximum absolute atomic E-state index is 12.8. The normalized spacial score (nSPS) is 16.5. The summed E-state index contributed by atoms with van der Waals surface area (Å²) in [7, 11) is 0. The molecule has 0 radical (unpaired) electrons. The zero-order valence-corrected chi connectivity index (χ0v) is 16.7. The molecule has 5 nitrogen and oxygen atoms in total. The second kappa shape index (κ2) is 8.67. The zero-order chi connectivity index (χ0) is 19.4. The van der Waals surface area contributed by atoms with E-state index in [9.17, 15) is 9.59 Å². The number of carbonyl (C=O) groups is 2. The Kier molecular flexibility index (Phi) is 6.29. The number of rotatable bonds is 6. The van der Waals surface area contributed by atoms with E-state index in [0.29, 0.717) is 23.6 Å². The number of anilines is 1. The predicted molar refractivity (Wildman–Crippen MR) is 107 cm³/mol. The number of thiophene rings is 1. The number of nitrogens with one attached hydrogen (secondary N) is 1. The molecule has 1 atom stereocenters. The van der Waals surface area contributed by atoms with Crippen LogP contribution in [-0.4, -0.2) is 30.7 Å². The second-order valence-corrected chi connectivity index (χ2v) is 7.73. The molecule has 1 fully saturated rings. The Labute approximate surface area is 163 Å². The summed E-state index contributed by atoms with van der Waals surface area (Å²) >= 11 is 1.34. The number of aryl methyl sites for hydroxylation is 1. The van der Waals surface area contributed by atoms with Gasteiger partial charge in [-0.25, -0.2) is 4.79 Å². The molecule has 1 aliphatic heterocycles. The van der Waals surface area contributed by atoms with Gasteiger partial charge >= 0.3 is 5.97 Å². The van der Waals surface area contributed by atoms with Crippen LogP contribution in [0.5, 0.6) is 0 Å². The van der Waals surface area contributed by atoms with E-state index in [1.54, 1.807) is 0 Å². The van der Waals surface area contributed by atoms with Crippen LogP contribution in [0.4, 0.5) is 5.00 Å². The highest BCUT2D eigenvalue weighted by Crippen LogP contribution is 2.37. The largest absolute Gasteiger partial charge is 0.459 e. The molecule has 1 aromatic heterocycles. The molecule has 144 valence electrons. The molecule has 2 aromatic rings. The van der Waals surface area contributed by atoms with Crippen molar-refractivity contribution in [3.05, 3.63) is 40.8 Å². The fraction of sp³-hybridized carbons (Fsp3) is 0.429. The van der Waals surface area contributed by atoms with Crippen molar-refractivity contribution in [2.24, 2.45) is 0 Å². The van der Waals surface area contributed by atoms with Crippen molar-refractivity contribution in [2.75, 3.05) is 11.9 Å². The van der Waals surface area contributed by atoms with Gasteiger partial charge in [0.25, 0.3) is 5.91 Å². The van der Waals surface area contributed by atoms with E-state index in [0.717, 1.165) is 24.0 Å². The number of hydrogen-bond donors (Lipinski definition) is 1. The Morgan fingerprint density at radius 3 is 2.63 bits per heavy atom. The first-order chi connectivity index (χ1) is 13.0. The zero-order valence-electron chi connectivity index (χ0n) is 15.9. The van der Waals surface area contributed by atoms with Crippen molar-refractivity contribution in [2.45, 2.75) is 52.2 Å². The lowest BCUT2D eigenvalue weighted by molar-refractivity contribution is -0.124. The number of benzene rings is 1. The molecule has 0 saturated carbocycles. The lowest BCUT2D eigenvalue weighted by Crippen LogP contribution is -2.27. The highest BCUT2D eigenvalue weighted by molar-refractivity contribution is 7.15. The van der Waals surface area contributed by atoms with Gasteiger partial charge in [-0.15, -0.1) is 11.3 Å². The molecule has 3 rings (SSSR count). The minimum Gasteiger partial charge on any atom is -0.459 e. The molecule has 1 aliphatic rings. The molecule has 1 amide bonds. The van der Waals surface area contributed by atoms with E-state index < -0.39 is 12.1 Å². The highest BCUT2D eigenvalue weighted by Gasteiger charge is 2.28. The van der Waals surface area contributed by atoms with Crippen LogP contribution in [0.25, 0.3) is 11.1 Å². The molecular weight excluding hydrogens is 362 g/mol. The van der Waals surface area contributed by atoms with Crippen LogP contribution in [0.1, 0.15) is 49.5 Å². The van der Waals surface area contributed by atoms with Crippen LogP contribution in [0.2, 0.25) is 0 Å². The van der Waals surface area contributed by atoms with Crippen LogP contribution in [0, 0.1) is 0 Å². The Morgan fingerprint density at radius 2 is 2.04 bits per heavy atom. The predicted octanol–water partition coefficient (Wildman–Crippen LogP) is 4.66. The van der Waals surface area contributed by atoms with Gasteiger partial charge in [-0.3, -0.25) is 4.79 Å². The van der Waals surface area contributed by atoms with Crippen molar-refractivity contribution in [1.82, 2.24) is 0 Å². The van der Waals surface area contributed by atoms with Gasteiger partial charge in [0.15, 0.2) is 0 Å². The summed E-state index contributed by atoms with van der Waals surface area (Å²) in [6.07, 6.45) is 1.84. The van der Waals surface area contributed by atoms with Crippen molar-refractivity contribution in [3.63, 3.8) is 0 Å². The molecule has 0 aliphatic carbocycles. The van der Waals surface area contributed by atoms with E-state index in [4.69, 9.17) is 9.47 Å². The molecule has 0 unspecified atom stereocenters. The second-order valence-electron chi connectivity index (χ2n) is 6.85. The lowest BCUT2D eigenvalue weighted by atomic mass is 10.0. The summed E-state index contributed by atoms with van der Waals surface area (Å²) in [6, 6.07) is 8.10. The van der Waals surface area contributed by atoms with Gasteiger partial charge in [-0.2, -0.15) is 0 Å². The molecule has 0 spiro atoms. The summed E-state index contributed by atoms with van der Waals surface area (Å²) in [4.78, 5) is 25.2. The van der Waals surface area contributed by atoms with E-state index in [-0.39, 0.29) is 12.0 Å². The maximum atomic E-state index is 12.8. The third-order valence-electron chi connectivity index (χ3n) is 4.47. The topological polar surface area (TPSA) is 64.6 Å². The van der Waals surface area contributed by atoms with Crippen molar-refractivity contribution in [3.8, 4) is 11.1 Å². The summed E-state index contributed by atoms with van der Waals surface area (Å²) in [5.41, 5.74) is 3.34. The minimum atomic E-state index is -0.451. The number of esters is 1. The number of hydrogen-bond acceptors (Lipinski definition) is 5. The fourth-order valence-corrected chi connectivity index (χ4v) is 4.00. The standard InChI is InChI=1S/C21H25NO4S/c1-4-14-7-9-15(10-8-14)16-12-27-20(18(16)21(24)26-13(2)3)22-19(23)17-6-5-11-25-17/h7-10,12-13,17H,4-6,11H2,1-3H3,(H,22,23)/t17-/m0/s1. The van der Waals surface area contributed by atoms with E-state index in [1.165, 1.54) is 16.9 Å². The van der Waals surface area contributed by atoms with Crippen LogP contribution in [0.3, 0.4) is 0 Å². The van der Waals surface area contributed by atoms with Crippen LogP contribution < -0.4 is 5.32 Å². The molecular formula is C21H25NO4S. The SMILES string of the molecule is CCc1ccc(-c2csc(NC(=O)[C@@H]3CCCO3)c2C(=O)OC(C)C)cc1. The maximum Gasteiger partial charge on any atom is 0.342 e. The van der Waals surface area contributed by atoms with Gasteiger partial charge < -0.3 is 14.8 Å². The van der Waals surface area contributed by atoms with Crippen molar-refractivity contribution >= 4 is 28.2 Å². The molecule has 1 aromatic carbocycles. The highest BCUT2D eigenvalue weighted by atomic mass is 32.1. The van der Waals surface area contributed by atoms with E-state index in [2.05, 4.69) is 24.4 Å². The Hall–Kier alpha value is -2.18. The minimum absolute atomic E-state index is 0.208. The van der Waals surface area contributed by atoms with Crippen LogP contribution in [0.15, 0.2) is 29.6 Å². The average Bonchev–Trinajstić information content (AvgIpc) is 3.31. The lowest BCUT2D eigenvalue weighted by Gasteiger charge is -2.13. The average molecular weight is 388 g/mol. The summed E-state index contributed by atoms with van der Waals surface area (Å²) in [6.45, 7) is 6.32. The van der Waals surface area contributed by atoms with Gasteiger partial charge in [0.2, 0.25) is 0 Å². The van der Waals surface area contributed by atoms with Crippen LogP contribution in [-0.2, 0) is 20.7 Å². The van der Waals surface area contributed by atoms with Gasteiger partial charge in [-0.05, 0) is 44.2 Å². The summed E-state index contributed by atoms with van der Waals surface area (Å²) in [5, 5.41) is 5.27. The molecule has 1 saturated heterocycles. The third kappa shape index (κ3) is 4.57. The van der Waals surface area contributed by atoms with Gasteiger partial charge in [0, 0.05) is 17.6 Å². The first-order valence-corrected chi connectivity index (χ1v) is 10.2. The van der Waals surface area contributed by atoms with Gasteiger partial charge in [0.05, 0.1) is 6.10 Å². The fourth-order valence-electron chi connectivity index (χ4n) is 3.03. The van der Waals surface area contributed by atoms with Crippen molar-refractivity contribution in [1.29, 1.82) is 0 Å². The molecule has 1 N–H and O–H groups in total. The number of carbonyl (C=O) groups excluding carboxylic acids is 2. The number of ether oxygens (including phenoxy) is 2. The Bertz CT molecular complexity index is 804. The number of amides is 1. The smallest absolute Gasteiger partial charge is 0.342 e. The first kappa shape index (κ1) is 19.6. The molecule has 6 heteroatoms. The van der Waals surface area contributed by atoms with E-state index >= 15 is 0 Å². The van der Waals surface area contributed by atoms with Crippen LogP contribution >= 0.6 is 11.3 Å². The molecule has 0 bridgehead atoms. The Balaban J connectivity index is 1.93. The first-order valence-electron chi connectivity index (χ1n) is 9.33. The van der Waals surface area contributed by atoms with Crippen molar-refractivity contribution < 1.29 is 19.1 Å². The van der Waals surface area contributed by atoms with Gasteiger partial charge in [-0.1, -0.05) is 31.2 Å². The monoisotopic (exact) mass is 387 g/mol. The van der Waals surface area contributed by atoms with E-state index in [1.807, 2.05) is 31.4 Å². The third-order valence-corrected chi connectivity index (χ3v) is 5.37. The summed E-state index contributed by atoms with van der Waals surface area (Å²) in [5.74, 6) is -0.635. The summed E-state index contributed by atoms with van der Waals surface area (Å²) < 4.78 is 10.9. The van der Waals surface area contributed by atoms with Gasteiger partial charge in [0.1, 0.15) is 16.7 Å². The molecule has 27 heavy (non-hydrogen) atoms. The quantitative estimate of drug-likeness (QED) is 0.732.